The van der Waals surface area contributed by atoms with Crippen LogP contribution in [0.3, 0.4) is 0 Å². The summed E-state index contributed by atoms with van der Waals surface area (Å²) in [5.74, 6) is 0.987. The van der Waals surface area contributed by atoms with E-state index in [1.54, 1.807) is 11.8 Å². The minimum atomic E-state index is 0.963. The van der Waals surface area contributed by atoms with Crippen molar-refractivity contribution in [3.63, 3.8) is 0 Å². The van der Waals surface area contributed by atoms with Crippen LogP contribution in [-0.4, -0.2) is 12.4 Å². The van der Waals surface area contributed by atoms with Gasteiger partial charge >= 0.3 is 0 Å². The van der Waals surface area contributed by atoms with Crippen LogP contribution in [0.15, 0.2) is 29.7 Å². The largest absolute Gasteiger partial charge is 0.385 e. The first kappa shape index (κ1) is 9.46. The lowest BCUT2D eigenvalue weighted by molar-refractivity contribution is 1.10. The Kier molecular flexibility index (Phi) is 2.99. The maximum absolute atomic E-state index is 3.34. The molecule has 0 unspecified atom stereocenters. The van der Waals surface area contributed by atoms with Gasteiger partial charge in [-0.2, -0.15) is 0 Å². The third-order valence-electron chi connectivity index (χ3n) is 2.10. The van der Waals surface area contributed by atoms with Crippen molar-refractivity contribution in [2.45, 2.75) is 6.92 Å². The molecule has 0 atom stereocenters. The molecular formula is C11H14N2S. The second kappa shape index (κ2) is 4.42. The molecule has 0 aromatic heterocycles. The molecule has 1 heterocycles. The molecule has 0 amide bonds. The molecule has 0 fully saturated rings. The Bertz CT molecular complexity index is 347. The molecular weight excluding hydrogens is 192 g/mol. The van der Waals surface area contributed by atoms with Crippen molar-refractivity contribution in [2.24, 2.45) is 0 Å². The van der Waals surface area contributed by atoms with E-state index >= 15 is 0 Å². The molecule has 0 radical (unpaired) electrons. The van der Waals surface area contributed by atoms with Crippen LogP contribution in [0.1, 0.15) is 12.5 Å². The maximum Gasteiger partial charge on any atom is 0.0652 e. The molecule has 2 nitrogen and oxygen atoms in total. The van der Waals surface area contributed by atoms with Crippen LogP contribution in [-0.2, 0) is 0 Å². The summed E-state index contributed by atoms with van der Waals surface area (Å²) in [5, 5.41) is 8.82. The molecule has 0 aliphatic carbocycles. The zero-order valence-electron chi connectivity index (χ0n) is 8.21. The van der Waals surface area contributed by atoms with Crippen molar-refractivity contribution in [1.82, 2.24) is 5.32 Å². The van der Waals surface area contributed by atoms with Gasteiger partial charge in [-0.3, -0.25) is 0 Å². The van der Waals surface area contributed by atoms with Gasteiger partial charge in [-0.15, -0.1) is 11.8 Å². The van der Waals surface area contributed by atoms with Crippen molar-refractivity contribution >= 4 is 23.1 Å². The van der Waals surface area contributed by atoms with Crippen LogP contribution in [0, 0.1) is 0 Å². The van der Waals surface area contributed by atoms with E-state index in [1.807, 2.05) is 0 Å². The number of benzene rings is 1. The molecule has 0 spiro atoms. The fourth-order valence-electron chi connectivity index (χ4n) is 1.46. The zero-order valence-corrected chi connectivity index (χ0v) is 9.03. The van der Waals surface area contributed by atoms with Gasteiger partial charge in [0.1, 0.15) is 0 Å². The fraction of sp³-hybridized carbons (Fsp3) is 0.273. The molecule has 2 rings (SSSR count). The third kappa shape index (κ3) is 2.04. The first-order valence-electron chi connectivity index (χ1n) is 4.80. The molecule has 74 valence electrons. The number of hydrogen-bond acceptors (Lipinski definition) is 3. The monoisotopic (exact) mass is 206 g/mol. The van der Waals surface area contributed by atoms with E-state index in [0.29, 0.717) is 0 Å². The summed E-state index contributed by atoms with van der Waals surface area (Å²) in [7, 11) is 0. The lowest BCUT2D eigenvalue weighted by Gasteiger charge is -2.07. The number of hydrogen-bond donors (Lipinski definition) is 2. The Hall–Kier alpha value is -1.09. The Morgan fingerprint density at radius 3 is 3.14 bits per heavy atom. The average Bonchev–Trinajstić information content (AvgIpc) is 2.71. The molecule has 1 aromatic rings. The van der Waals surface area contributed by atoms with E-state index in [2.05, 4.69) is 47.2 Å². The van der Waals surface area contributed by atoms with Crippen LogP contribution in [0.2, 0.25) is 0 Å². The summed E-state index contributed by atoms with van der Waals surface area (Å²) >= 11 is 1.80. The number of anilines is 1. The third-order valence-corrected chi connectivity index (χ3v) is 2.81. The summed E-state index contributed by atoms with van der Waals surface area (Å²) < 4.78 is 0. The predicted octanol–water partition coefficient (Wildman–Crippen LogP) is 2.71. The standard InChI is InChI=1S/C11H14N2S/c1-2-12-10-5-3-4-9(6-10)11-7-14-8-13-11/h3-7,12-13H,2,8H2,1H3. The SMILES string of the molecule is CCNc1cccc(C2=CSCN2)c1. The van der Waals surface area contributed by atoms with Crippen LogP contribution in [0.4, 0.5) is 5.69 Å². The van der Waals surface area contributed by atoms with Crippen molar-refractivity contribution in [3.05, 3.63) is 35.2 Å². The lowest BCUT2D eigenvalue weighted by Crippen LogP contribution is -2.05. The van der Waals surface area contributed by atoms with Crippen LogP contribution in [0.5, 0.6) is 0 Å². The van der Waals surface area contributed by atoms with Gasteiger partial charge < -0.3 is 10.6 Å². The fourth-order valence-corrected chi connectivity index (χ4v) is 2.17. The molecule has 2 N–H and O–H groups in total. The van der Waals surface area contributed by atoms with Gasteiger partial charge in [0, 0.05) is 23.5 Å². The quantitative estimate of drug-likeness (QED) is 0.795. The summed E-state index contributed by atoms with van der Waals surface area (Å²) in [6.45, 7) is 3.07. The van der Waals surface area contributed by atoms with E-state index in [1.165, 1.54) is 16.9 Å². The second-order valence-corrected chi connectivity index (χ2v) is 3.99. The van der Waals surface area contributed by atoms with Gasteiger partial charge in [0.2, 0.25) is 0 Å². The normalized spacial score (nSPS) is 14.8. The summed E-state index contributed by atoms with van der Waals surface area (Å²) in [6, 6.07) is 8.48. The van der Waals surface area contributed by atoms with Gasteiger partial charge in [-0.05, 0) is 24.5 Å². The number of thioether (sulfide) groups is 1. The molecule has 1 aliphatic heterocycles. The molecule has 14 heavy (non-hydrogen) atoms. The van der Waals surface area contributed by atoms with Crippen LogP contribution in [0.25, 0.3) is 5.70 Å². The highest BCUT2D eigenvalue weighted by atomic mass is 32.2. The van der Waals surface area contributed by atoms with Crippen molar-refractivity contribution < 1.29 is 0 Å². The molecule has 0 saturated heterocycles. The van der Waals surface area contributed by atoms with Crippen molar-refractivity contribution in [1.29, 1.82) is 0 Å². The molecule has 1 aliphatic rings. The maximum atomic E-state index is 3.34. The second-order valence-electron chi connectivity index (χ2n) is 3.13. The van der Waals surface area contributed by atoms with Crippen molar-refractivity contribution in [3.8, 4) is 0 Å². The minimum absolute atomic E-state index is 0.963. The molecule has 1 aromatic carbocycles. The molecule has 3 heteroatoms. The predicted molar refractivity (Wildman–Crippen MR) is 64.2 cm³/mol. The Morgan fingerprint density at radius 2 is 2.43 bits per heavy atom. The van der Waals surface area contributed by atoms with Gasteiger partial charge in [-0.25, -0.2) is 0 Å². The number of nitrogens with one attached hydrogen (secondary N) is 2. The minimum Gasteiger partial charge on any atom is -0.385 e. The van der Waals surface area contributed by atoms with E-state index in [0.717, 1.165) is 12.4 Å². The Morgan fingerprint density at radius 1 is 1.50 bits per heavy atom. The van der Waals surface area contributed by atoms with E-state index in [4.69, 9.17) is 0 Å². The first-order valence-corrected chi connectivity index (χ1v) is 5.85. The molecule has 0 bridgehead atoms. The average molecular weight is 206 g/mol. The van der Waals surface area contributed by atoms with Gasteiger partial charge in [0.05, 0.1) is 5.88 Å². The van der Waals surface area contributed by atoms with Crippen LogP contribution >= 0.6 is 11.8 Å². The molecule has 0 saturated carbocycles. The van der Waals surface area contributed by atoms with Gasteiger partial charge in [0.15, 0.2) is 0 Å². The lowest BCUT2D eigenvalue weighted by atomic mass is 10.1. The van der Waals surface area contributed by atoms with Gasteiger partial charge in [-0.1, -0.05) is 12.1 Å². The van der Waals surface area contributed by atoms with E-state index < -0.39 is 0 Å². The van der Waals surface area contributed by atoms with E-state index in [-0.39, 0.29) is 0 Å². The van der Waals surface area contributed by atoms with Crippen LogP contribution < -0.4 is 10.6 Å². The summed E-state index contributed by atoms with van der Waals surface area (Å²) in [5.41, 5.74) is 3.67. The van der Waals surface area contributed by atoms with E-state index in [9.17, 15) is 0 Å². The zero-order chi connectivity index (χ0) is 9.80. The Balaban J connectivity index is 2.21. The van der Waals surface area contributed by atoms with Crippen molar-refractivity contribution in [2.75, 3.05) is 17.7 Å². The summed E-state index contributed by atoms with van der Waals surface area (Å²) in [6.07, 6.45) is 0. The smallest absolute Gasteiger partial charge is 0.0652 e. The highest BCUT2D eigenvalue weighted by Gasteiger charge is 2.06. The first-order chi connectivity index (χ1) is 6.90. The topological polar surface area (TPSA) is 24.1 Å². The Labute approximate surface area is 88.8 Å². The number of rotatable bonds is 3. The summed E-state index contributed by atoms with van der Waals surface area (Å²) in [4.78, 5) is 0. The highest BCUT2D eigenvalue weighted by molar-refractivity contribution is 8.02. The van der Waals surface area contributed by atoms with Gasteiger partial charge in [0.25, 0.3) is 0 Å². The highest BCUT2D eigenvalue weighted by Crippen LogP contribution is 2.23.